The summed E-state index contributed by atoms with van der Waals surface area (Å²) < 4.78 is 13.1. The molecule has 0 spiro atoms. The maximum absolute atomic E-state index is 13.3. The molecule has 3 aromatic rings. The van der Waals surface area contributed by atoms with E-state index in [1.807, 2.05) is 36.2 Å². The molecule has 0 radical (unpaired) electrons. The first-order chi connectivity index (χ1) is 15.0. The summed E-state index contributed by atoms with van der Waals surface area (Å²) in [7, 11) is 1.89. The highest BCUT2D eigenvalue weighted by Gasteiger charge is 2.33. The van der Waals surface area contributed by atoms with Crippen molar-refractivity contribution in [2.45, 2.75) is 31.8 Å². The molecule has 0 saturated carbocycles. The van der Waals surface area contributed by atoms with Crippen molar-refractivity contribution in [3.8, 4) is 0 Å². The lowest BCUT2D eigenvalue weighted by Gasteiger charge is -2.23. The molecule has 2 atom stereocenters. The Morgan fingerprint density at radius 3 is 2.71 bits per heavy atom. The zero-order valence-corrected chi connectivity index (χ0v) is 18.3. The maximum atomic E-state index is 13.3. The van der Waals surface area contributed by atoms with Gasteiger partial charge in [-0.25, -0.2) is 9.37 Å². The topological polar surface area (TPSA) is 62.3 Å². The molecular weight excluding hydrogens is 413 g/mol. The van der Waals surface area contributed by atoms with Gasteiger partial charge in [-0.2, -0.15) is 0 Å². The Bertz CT molecular complexity index is 1100. The van der Waals surface area contributed by atoms with Crippen LogP contribution in [0.5, 0.6) is 0 Å². The normalized spacial score (nSPS) is 17.0. The molecule has 2 heterocycles. The number of carbonyl (C=O) groups is 2. The predicted molar refractivity (Wildman–Crippen MR) is 119 cm³/mol. The second-order valence-corrected chi connectivity index (χ2v) is 8.59. The van der Waals surface area contributed by atoms with Crippen molar-refractivity contribution in [2.24, 2.45) is 0 Å². The lowest BCUT2D eigenvalue weighted by molar-refractivity contribution is 0.0735. The van der Waals surface area contributed by atoms with Gasteiger partial charge in [0.15, 0.2) is 0 Å². The highest BCUT2D eigenvalue weighted by atomic mass is 32.1. The molecule has 0 aliphatic carbocycles. The van der Waals surface area contributed by atoms with Gasteiger partial charge < -0.3 is 10.2 Å². The Morgan fingerprint density at radius 2 is 1.97 bits per heavy atom. The maximum Gasteiger partial charge on any atom is 0.254 e. The van der Waals surface area contributed by atoms with Crippen molar-refractivity contribution in [2.75, 3.05) is 13.6 Å². The van der Waals surface area contributed by atoms with Crippen LogP contribution < -0.4 is 5.32 Å². The van der Waals surface area contributed by atoms with Crippen molar-refractivity contribution in [3.63, 3.8) is 0 Å². The number of likely N-dealkylation sites (tertiary alicyclic amines) is 1. The first-order valence-corrected chi connectivity index (χ1v) is 11.2. The Labute approximate surface area is 184 Å². The van der Waals surface area contributed by atoms with Crippen LogP contribution in [0.3, 0.4) is 0 Å². The predicted octanol–water partition coefficient (Wildman–Crippen LogP) is 4.77. The number of nitrogens with one attached hydrogen (secondary N) is 1. The van der Waals surface area contributed by atoms with Crippen LogP contribution in [0.1, 0.15) is 68.8 Å². The van der Waals surface area contributed by atoms with Crippen molar-refractivity contribution in [1.82, 2.24) is 15.2 Å². The van der Waals surface area contributed by atoms with E-state index in [4.69, 9.17) is 0 Å². The van der Waals surface area contributed by atoms with Gasteiger partial charge in [0.25, 0.3) is 5.91 Å². The SMILES string of the molecule is CNC(C)c1cccc(C(=O)N2CCCC2c2nc(C(=O)c3ccc(F)cc3)cs2)c1. The fourth-order valence-corrected chi connectivity index (χ4v) is 4.78. The van der Waals surface area contributed by atoms with E-state index in [9.17, 15) is 14.0 Å². The fourth-order valence-electron chi connectivity index (χ4n) is 3.83. The monoisotopic (exact) mass is 437 g/mol. The number of thiazole rings is 1. The highest BCUT2D eigenvalue weighted by molar-refractivity contribution is 7.10. The minimum atomic E-state index is -0.385. The molecule has 2 aromatic carbocycles. The lowest BCUT2D eigenvalue weighted by Crippen LogP contribution is -2.30. The zero-order valence-electron chi connectivity index (χ0n) is 17.5. The van der Waals surface area contributed by atoms with E-state index in [0.717, 1.165) is 23.4 Å². The van der Waals surface area contributed by atoms with E-state index in [1.54, 1.807) is 5.38 Å². The minimum absolute atomic E-state index is 0.0192. The molecule has 1 N–H and O–H groups in total. The molecule has 4 rings (SSSR count). The summed E-state index contributed by atoms with van der Waals surface area (Å²) in [5, 5.41) is 5.68. The van der Waals surface area contributed by atoms with Gasteiger partial charge in [0, 0.05) is 29.1 Å². The molecule has 1 amide bonds. The standard InChI is InChI=1S/C24H24FN3O2S/c1-15(26-2)17-5-3-6-18(13-17)24(30)28-12-4-7-21(28)23-27-20(14-31-23)22(29)16-8-10-19(25)11-9-16/h3,5-6,8-11,13-15,21,26H,4,7,12H2,1-2H3. The summed E-state index contributed by atoms with van der Waals surface area (Å²) in [6, 6.07) is 13.2. The summed E-state index contributed by atoms with van der Waals surface area (Å²) in [5.74, 6) is -0.648. The number of nitrogens with zero attached hydrogens (tertiary/aromatic N) is 2. The molecule has 2 unspecified atom stereocenters. The molecule has 1 aromatic heterocycles. The Morgan fingerprint density at radius 1 is 1.19 bits per heavy atom. The number of rotatable bonds is 6. The number of amides is 1. The van der Waals surface area contributed by atoms with Gasteiger partial charge in [-0.15, -0.1) is 11.3 Å². The number of carbonyl (C=O) groups excluding carboxylic acids is 2. The van der Waals surface area contributed by atoms with Gasteiger partial charge >= 0.3 is 0 Å². The molecule has 31 heavy (non-hydrogen) atoms. The smallest absolute Gasteiger partial charge is 0.254 e. The van der Waals surface area contributed by atoms with Crippen LogP contribution >= 0.6 is 11.3 Å². The van der Waals surface area contributed by atoms with E-state index in [0.29, 0.717) is 23.4 Å². The number of hydrogen-bond donors (Lipinski definition) is 1. The summed E-state index contributed by atoms with van der Waals surface area (Å²) >= 11 is 1.39. The van der Waals surface area contributed by atoms with Gasteiger partial charge in [0.1, 0.15) is 16.5 Å². The van der Waals surface area contributed by atoms with E-state index >= 15 is 0 Å². The molecule has 0 bridgehead atoms. The van der Waals surface area contributed by atoms with E-state index in [1.165, 1.54) is 35.6 Å². The summed E-state index contributed by atoms with van der Waals surface area (Å²) in [5.41, 5.74) is 2.44. The largest absolute Gasteiger partial charge is 0.329 e. The third-order valence-corrected chi connectivity index (χ3v) is 6.67. The van der Waals surface area contributed by atoms with Crippen LogP contribution in [0.2, 0.25) is 0 Å². The highest BCUT2D eigenvalue weighted by Crippen LogP contribution is 2.35. The molecule has 1 aliphatic rings. The third-order valence-electron chi connectivity index (χ3n) is 5.73. The average Bonchev–Trinajstić information content (AvgIpc) is 3.48. The van der Waals surface area contributed by atoms with Crippen LogP contribution in [0.25, 0.3) is 0 Å². The van der Waals surface area contributed by atoms with Gasteiger partial charge in [-0.1, -0.05) is 12.1 Å². The van der Waals surface area contributed by atoms with E-state index in [2.05, 4.69) is 17.2 Å². The number of halogens is 1. The Balaban J connectivity index is 1.55. The van der Waals surface area contributed by atoms with Gasteiger partial charge in [-0.05, 0) is 68.8 Å². The molecule has 160 valence electrons. The second kappa shape index (κ2) is 9.08. The number of aromatic nitrogens is 1. The minimum Gasteiger partial charge on any atom is -0.329 e. The first kappa shape index (κ1) is 21.3. The average molecular weight is 438 g/mol. The first-order valence-electron chi connectivity index (χ1n) is 10.3. The van der Waals surface area contributed by atoms with Gasteiger partial charge in [0.2, 0.25) is 5.78 Å². The number of ketones is 1. The number of hydrogen-bond acceptors (Lipinski definition) is 5. The van der Waals surface area contributed by atoms with Crippen molar-refractivity contribution < 1.29 is 14.0 Å². The molecule has 1 aliphatic heterocycles. The molecular formula is C24H24FN3O2S. The molecule has 1 fully saturated rings. The van der Waals surface area contributed by atoms with E-state index in [-0.39, 0.29) is 29.6 Å². The van der Waals surface area contributed by atoms with Crippen LogP contribution in [0, 0.1) is 5.82 Å². The van der Waals surface area contributed by atoms with E-state index < -0.39 is 0 Å². The summed E-state index contributed by atoms with van der Waals surface area (Å²) in [6.45, 7) is 2.72. The third kappa shape index (κ3) is 4.43. The van der Waals surface area contributed by atoms with Crippen LogP contribution in [-0.4, -0.2) is 35.2 Å². The van der Waals surface area contributed by atoms with Crippen molar-refractivity contribution in [1.29, 1.82) is 0 Å². The lowest BCUT2D eigenvalue weighted by atomic mass is 10.0. The van der Waals surface area contributed by atoms with Gasteiger partial charge in [0.05, 0.1) is 6.04 Å². The quantitative estimate of drug-likeness (QED) is 0.564. The fraction of sp³-hybridized carbons (Fsp3) is 0.292. The second-order valence-electron chi connectivity index (χ2n) is 7.70. The Kier molecular flexibility index (Phi) is 6.25. The Hall–Kier alpha value is -2.90. The molecule has 7 heteroatoms. The van der Waals surface area contributed by atoms with Crippen molar-refractivity contribution in [3.05, 3.63) is 87.1 Å². The summed E-state index contributed by atoms with van der Waals surface area (Å²) in [4.78, 5) is 32.4. The number of benzene rings is 2. The van der Waals surface area contributed by atoms with Gasteiger partial charge in [-0.3, -0.25) is 9.59 Å². The zero-order chi connectivity index (χ0) is 22.0. The van der Waals surface area contributed by atoms with Crippen LogP contribution in [0.4, 0.5) is 4.39 Å². The van der Waals surface area contributed by atoms with Crippen molar-refractivity contribution >= 4 is 23.0 Å². The molecule has 5 nitrogen and oxygen atoms in total. The summed E-state index contributed by atoms with van der Waals surface area (Å²) in [6.07, 6.45) is 1.71. The molecule has 1 saturated heterocycles. The van der Waals surface area contributed by atoms with Crippen LogP contribution in [0.15, 0.2) is 53.9 Å². The van der Waals surface area contributed by atoms with Crippen LogP contribution in [-0.2, 0) is 0 Å².